The van der Waals surface area contributed by atoms with E-state index in [-0.39, 0.29) is 0 Å². The van der Waals surface area contributed by atoms with Gasteiger partial charge in [-0.1, -0.05) is 29.8 Å². The van der Waals surface area contributed by atoms with E-state index < -0.39 is 0 Å². The minimum absolute atomic E-state index is 1.00. The van der Waals surface area contributed by atoms with Gasteiger partial charge in [-0.2, -0.15) is 0 Å². The zero-order chi connectivity index (χ0) is 12.1. The van der Waals surface area contributed by atoms with Gasteiger partial charge in [0.15, 0.2) is 0 Å². The number of benzene rings is 1. The first kappa shape index (κ1) is 11.9. The molecule has 0 aliphatic rings. The van der Waals surface area contributed by atoms with Crippen molar-refractivity contribution >= 4 is 0 Å². The van der Waals surface area contributed by atoms with E-state index in [0.717, 1.165) is 25.3 Å². The second kappa shape index (κ2) is 5.64. The average Bonchev–Trinajstić information content (AvgIpc) is 2.79. The fraction of sp³-hybridized carbons (Fsp3) is 0.357. The smallest absolute Gasteiger partial charge is 0.139 e. The van der Waals surface area contributed by atoms with Crippen LogP contribution in [0.3, 0.4) is 0 Å². The summed E-state index contributed by atoms with van der Waals surface area (Å²) in [6.07, 6.45) is 5.03. The lowest BCUT2D eigenvalue weighted by molar-refractivity contribution is 0.617. The monoisotopic (exact) mass is 229 g/mol. The van der Waals surface area contributed by atoms with Crippen molar-refractivity contribution in [3.05, 3.63) is 42.2 Å². The molecule has 2 aromatic rings. The molecule has 0 unspecified atom stereocenters. The van der Waals surface area contributed by atoms with E-state index in [2.05, 4.69) is 46.1 Å². The van der Waals surface area contributed by atoms with E-state index in [9.17, 15) is 0 Å². The molecule has 1 heterocycles. The fourth-order valence-corrected chi connectivity index (χ4v) is 1.88. The predicted octanol–water partition coefficient (Wildman–Crippen LogP) is 2.47. The molecular formula is C14H19N3. The minimum atomic E-state index is 1.00. The SMILES string of the molecule is CNCCCn1ccnc1-c1ccc(C)cc1. The van der Waals surface area contributed by atoms with Crippen molar-refractivity contribution in [2.45, 2.75) is 19.9 Å². The first-order valence-electron chi connectivity index (χ1n) is 6.04. The quantitative estimate of drug-likeness (QED) is 0.798. The van der Waals surface area contributed by atoms with Crippen LogP contribution in [0.4, 0.5) is 0 Å². The first-order chi connectivity index (χ1) is 8.31. The van der Waals surface area contributed by atoms with Gasteiger partial charge < -0.3 is 9.88 Å². The maximum absolute atomic E-state index is 4.44. The molecule has 0 spiro atoms. The summed E-state index contributed by atoms with van der Waals surface area (Å²) in [5, 5.41) is 3.16. The van der Waals surface area contributed by atoms with Crippen LogP contribution in [0.2, 0.25) is 0 Å². The summed E-state index contributed by atoms with van der Waals surface area (Å²) >= 11 is 0. The Balaban J connectivity index is 2.15. The molecule has 0 amide bonds. The number of hydrogen-bond acceptors (Lipinski definition) is 2. The van der Waals surface area contributed by atoms with Crippen molar-refractivity contribution in [2.75, 3.05) is 13.6 Å². The van der Waals surface area contributed by atoms with Crippen molar-refractivity contribution in [1.29, 1.82) is 0 Å². The second-order valence-electron chi connectivity index (χ2n) is 4.27. The van der Waals surface area contributed by atoms with Gasteiger partial charge in [0.1, 0.15) is 5.82 Å². The summed E-state index contributed by atoms with van der Waals surface area (Å²) in [7, 11) is 1.98. The van der Waals surface area contributed by atoms with Crippen LogP contribution in [0.1, 0.15) is 12.0 Å². The molecule has 0 radical (unpaired) electrons. The van der Waals surface area contributed by atoms with E-state index in [1.54, 1.807) is 0 Å². The number of aromatic nitrogens is 2. The summed E-state index contributed by atoms with van der Waals surface area (Å²) in [5.74, 6) is 1.06. The van der Waals surface area contributed by atoms with Gasteiger partial charge in [-0.15, -0.1) is 0 Å². The van der Waals surface area contributed by atoms with Gasteiger partial charge in [-0.05, 0) is 26.9 Å². The maximum Gasteiger partial charge on any atom is 0.139 e. The largest absolute Gasteiger partial charge is 0.331 e. The van der Waals surface area contributed by atoms with E-state index in [4.69, 9.17) is 0 Å². The third-order valence-electron chi connectivity index (χ3n) is 2.85. The minimum Gasteiger partial charge on any atom is -0.331 e. The normalized spacial score (nSPS) is 10.7. The van der Waals surface area contributed by atoms with Crippen LogP contribution in [0.25, 0.3) is 11.4 Å². The Morgan fingerprint density at radius 2 is 2.00 bits per heavy atom. The molecule has 90 valence electrons. The summed E-state index contributed by atoms with van der Waals surface area (Å²) in [6.45, 7) is 4.14. The van der Waals surface area contributed by atoms with Crippen molar-refractivity contribution in [3.63, 3.8) is 0 Å². The van der Waals surface area contributed by atoms with Crippen molar-refractivity contribution < 1.29 is 0 Å². The van der Waals surface area contributed by atoms with E-state index >= 15 is 0 Å². The Bertz CT molecular complexity index is 457. The zero-order valence-corrected chi connectivity index (χ0v) is 10.5. The number of rotatable bonds is 5. The molecule has 0 atom stereocenters. The van der Waals surface area contributed by atoms with Crippen LogP contribution < -0.4 is 5.32 Å². The molecule has 0 aliphatic heterocycles. The summed E-state index contributed by atoms with van der Waals surface area (Å²) in [4.78, 5) is 4.44. The van der Waals surface area contributed by atoms with Crippen molar-refractivity contribution in [3.8, 4) is 11.4 Å². The molecule has 0 bridgehead atoms. The molecule has 0 saturated heterocycles. The van der Waals surface area contributed by atoms with Crippen LogP contribution in [0.5, 0.6) is 0 Å². The van der Waals surface area contributed by atoms with Gasteiger partial charge in [-0.3, -0.25) is 0 Å². The highest BCUT2D eigenvalue weighted by atomic mass is 15.1. The molecule has 1 aromatic carbocycles. The van der Waals surface area contributed by atoms with Gasteiger partial charge >= 0.3 is 0 Å². The number of hydrogen-bond donors (Lipinski definition) is 1. The molecule has 0 fully saturated rings. The van der Waals surface area contributed by atoms with Gasteiger partial charge in [0.05, 0.1) is 0 Å². The Morgan fingerprint density at radius 1 is 1.24 bits per heavy atom. The summed E-state index contributed by atoms with van der Waals surface area (Å²) in [5.41, 5.74) is 2.46. The van der Waals surface area contributed by atoms with Gasteiger partial charge in [0.25, 0.3) is 0 Å². The number of imidazole rings is 1. The Labute approximate surface area is 103 Å². The third kappa shape index (κ3) is 2.94. The highest BCUT2D eigenvalue weighted by Gasteiger charge is 2.04. The topological polar surface area (TPSA) is 29.9 Å². The lowest BCUT2D eigenvalue weighted by atomic mass is 10.1. The van der Waals surface area contributed by atoms with E-state index in [1.165, 1.54) is 11.1 Å². The lowest BCUT2D eigenvalue weighted by Crippen LogP contribution is -2.11. The van der Waals surface area contributed by atoms with Crippen molar-refractivity contribution in [1.82, 2.24) is 14.9 Å². The molecule has 3 nitrogen and oxygen atoms in total. The average molecular weight is 229 g/mol. The standard InChI is InChI=1S/C14H19N3/c1-12-4-6-13(7-5-12)14-16-9-11-17(14)10-3-8-15-2/h4-7,9,11,15H,3,8,10H2,1-2H3. The summed E-state index contributed by atoms with van der Waals surface area (Å²) in [6, 6.07) is 8.52. The molecule has 3 heteroatoms. The molecule has 17 heavy (non-hydrogen) atoms. The zero-order valence-electron chi connectivity index (χ0n) is 10.5. The molecule has 1 N–H and O–H groups in total. The Hall–Kier alpha value is -1.61. The molecule has 1 aromatic heterocycles. The second-order valence-corrected chi connectivity index (χ2v) is 4.27. The van der Waals surface area contributed by atoms with Crippen LogP contribution in [-0.2, 0) is 6.54 Å². The van der Waals surface area contributed by atoms with Crippen molar-refractivity contribution in [2.24, 2.45) is 0 Å². The summed E-state index contributed by atoms with van der Waals surface area (Å²) < 4.78 is 2.21. The fourth-order valence-electron chi connectivity index (χ4n) is 1.88. The molecule has 0 saturated carbocycles. The van der Waals surface area contributed by atoms with E-state index in [0.29, 0.717) is 0 Å². The molecular weight excluding hydrogens is 210 g/mol. The van der Waals surface area contributed by atoms with Crippen LogP contribution in [0, 0.1) is 6.92 Å². The highest BCUT2D eigenvalue weighted by molar-refractivity contribution is 5.55. The number of nitrogens with one attached hydrogen (secondary N) is 1. The Morgan fingerprint density at radius 3 is 2.71 bits per heavy atom. The molecule has 2 rings (SSSR count). The lowest BCUT2D eigenvalue weighted by Gasteiger charge is -2.07. The Kier molecular flexibility index (Phi) is 3.94. The van der Waals surface area contributed by atoms with E-state index in [1.807, 2.05) is 19.4 Å². The predicted molar refractivity (Wildman–Crippen MR) is 70.9 cm³/mol. The van der Waals surface area contributed by atoms with Gasteiger partial charge in [-0.25, -0.2) is 4.98 Å². The third-order valence-corrected chi connectivity index (χ3v) is 2.85. The van der Waals surface area contributed by atoms with Crippen LogP contribution >= 0.6 is 0 Å². The number of nitrogens with zero attached hydrogens (tertiary/aromatic N) is 2. The molecule has 0 aliphatic carbocycles. The maximum atomic E-state index is 4.44. The van der Waals surface area contributed by atoms with Gasteiger partial charge in [0, 0.05) is 24.5 Å². The van der Waals surface area contributed by atoms with Crippen LogP contribution in [-0.4, -0.2) is 23.1 Å². The first-order valence-corrected chi connectivity index (χ1v) is 6.04. The van der Waals surface area contributed by atoms with Crippen LogP contribution in [0.15, 0.2) is 36.7 Å². The number of aryl methyl sites for hydroxylation is 2. The van der Waals surface area contributed by atoms with Gasteiger partial charge in [0.2, 0.25) is 0 Å². The highest BCUT2D eigenvalue weighted by Crippen LogP contribution is 2.18.